The lowest BCUT2D eigenvalue weighted by atomic mass is 9.76. The van der Waals surface area contributed by atoms with E-state index in [0.717, 1.165) is 37.6 Å². The average molecular weight is 532 g/mol. The van der Waals surface area contributed by atoms with Crippen LogP contribution in [-0.2, 0) is 16.0 Å². The van der Waals surface area contributed by atoms with Gasteiger partial charge in [-0.3, -0.25) is 4.79 Å². The SMILES string of the molecule is COC(=O)c1ccc(CC(=O)C(CC2CCC2)c2ccc(-c3c(C(F)F)ccc(Cl)c3F)c[n+]2[O-])cc1. The van der Waals surface area contributed by atoms with Gasteiger partial charge in [0.2, 0.25) is 5.69 Å². The van der Waals surface area contributed by atoms with Crippen LogP contribution in [0.4, 0.5) is 13.2 Å². The van der Waals surface area contributed by atoms with Crippen molar-refractivity contribution in [3.8, 4) is 11.1 Å². The fourth-order valence-electron chi connectivity index (χ4n) is 4.63. The number of pyridine rings is 1. The third kappa shape index (κ3) is 5.80. The number of hydrogen-bond donors (Lipinski definition) is 0. The van der Waals surface area contributed by atoms with Crippen molar-refractivity contribution in [3.05, 3.63) is 93.2 Å². The molecule has 0 amide bonds. The summed E-state index contributed by atoms with van der Waals surface area (Å²) in [5, 5.41) is 12.8. The Labute approximate surface area is 217 Å². The molecule has 5 nitrogen and oxygen atoms in total. The Morgan fingerprint density at radius 3 is 2.38 bits per heavy atom. The van der Waals surface area contributed by atoms with Crippen molar-refractivity contribution in [1.82, 2.24) is 0 Å². The van der Waals surface area contributed by atoms with E-state index in [-0.39, 0.29) is 28.5 Å². The van der Waals surface area contributed by atoms with E-state index in [2.05, 4.69) is 4.74 Å². The maximum Gasteiger partial charge on any atom is 0.337 e. The number of hydrogen-bond acceptors (Lipinski definition) is 4. The molecule has 0 saturated heterocycles. The molecule has 1 saturated carbocycles. The normalized spacial score (nSPS) is 14.3. The first-order valence-corrected chi connectivity index (χ1v) is 12.3. The molecule has 1 aromatic heterocycles. The first kappa shape index (κ1) is 26.7. The average Bonchev–Trinajstić information content (AvgIpc) is 2.85. The number of nitrogens with zero attached hydrogens (tertiary/aromatic N) is 1. The molecule has 1 aliphatic rings. The number of alkyl halides is 2. The van der Waals surface area contributed by atoms with Crippen LogP contribution in [0, 0.1) is 16.9 Å². The van der Waals surface area contributed by atoms with Gasteiger partial charge in [-0.05, 0) is 42.2 Å². The number of carbonyl (C=O) groups excluding carboxylic acids is 2. The summed E-state index contributed by atoms with van der Waals surface area (Å²) < 4.78 is 47.0. The monoisotopic (exact) mass is 531 g/mol. The lowest BCUT2D eigenvalue weighted by molar-refractivity contribution is -0.614. The van der Waals surface area contributed by atoms with Crippen molar-refractivity contribution in [1.29, 1.82) is 0 Å². The number of esters is 1. The topological polar surface area (TPSA) is 70.3 Å². The van der Waals surface area contributed by atoms with Gasteiger partial charge in [-0.1, -0.05) is 49.1 Å². The summed E-state index contributed by atoms with van der Waals surface area (Å²) in [6.45, 7) is 0. The molecule has 1 fully saturated rings. The molecule has 0 radical (unpaired) electrons. The van der Waals surface area contributed by atoms with Gasteiger partial charge in [0, 0.05) is 23.6 Å². The molecule has 37 heavy (non-hydrogen) atoms. The van der Waals surface area contributed by atoms with Gasteiger partial charge in [-0.15, -0.1) is 0 Å². The second-order valence-corrected chi connectivity index (χ2v) is 9.62. The number of benzene rings is 2. The maximum absolute atomic E-state index is 14.7. The summed E-state index contributed by atoms with van der Waals surface area (Å²) in [5.41, 5.74) is 0.135. The summed E-state index contributed by atoms with van der Waals surface area (Å²) in [5.74, 6) is -2.14. The van der Waals surface area contributed by atoms with E-state index in [9.17, 15) is 28.0 Å². The highest BCUT2D eigenvalue weighted by Gasteiger charge is 2.33. The van der Waals surface area contributed by atoms with E-state index in [1.807, 2.05) is 0 Å². The number of rotatable bonds is 9. The highest BCUT2D eigenvalue weighted by Crippen LogP contribution is 2.38. The van der Waals surface area contributed by atoms with E-state index < -0.39 is 35.3 Å². The maximum atomic E-state index is 14.7. The van der Waals surface area contributed by atoms with Crippen LogP contribution in [0.3, 0.4) is 0 Å². The Morgan fingerprint density at radius 1 is 1.11 bits per heavy atom. The van der Waals surface area contributed by atoms with Gasteiger partial charge >= 0.3 is 5.97 Å². The number of ketones is 1. The van der Waals surface area contributed by atoms with Crippen LogP contribution < -0.4 is 4.73 Å². The third-order valence-electron chi connectivity index (χ3n) is 6.89. The summed E-state index contributed by atoms with van der Waals surface area (Å²) in [7, 11) is 1.28. The molecule has 4 rings (SSSR count). The van der Waals surface area contributed by atoms with Crippen LogP contribution in [-0.4, -0.2) is 18.9 Å². The second-order valence-electron chi connectivity index (χ2n) is 9.21. The quantitative estimate of drug-likeness (QED) is 0.177. The van der Waals surface area contributed by atoms with E-state index in [1.54, 1.807) is 24.3 Å². The number of Topliss-reactive ketones (excluding diaryl/α,β-unsaturated/α-hetero) is 1. The van der Waals surface area contributed by atoms with Crippen molar-refractivity contribution in [2.75, 3.05) is 7.11 Å². The lowest BCUT2D eigenvalue weighted by Crippen LogP contribution is -2.37. The molecule has 1 aliphatic carbocycles. The number of ether oxygens (including phenoxy) is 1. The molecule has 2 aromatic carbocycles. The van der Waals surface area contributed by atoms with Crippen LogP contribution in [0.5, 0.6) is 0 Å². The van der Waals surface area contributed by atoms with E-state index >= 15 is 0 Å². The molecule has 0 bridgehead atoms. The Bertz CT molecular complexity index is 1310. The van der Waals surface area contributed by atoms with Crippen molar-refractivity contribution in [2.24, 2.45) is 5.92 Å². The van der Waals surface area contributed by atoms with Crippen LogP contribution >= 0.6 is 11.6 Å². The number of carbonyl (C=O) groups is 2. The number of aromatic nitrogens is 1. The summed E-state index contributed by atoms with van der Waals surface area (Å²) >= 11 is 5.82. The molecule has 194 valence electrons. The minimum atomic E-state index is -2.97. The standard InChI is InChI=1S/C28H25ClF3NO4/c1-37-28(35)18-7-5-17(6-8-18)14-24(34)21(13-16-3-2-4-16)23-12-9-19(15-33(23)36)25-20(27(31)32)10-11-22(29)26(25)30/h5-12,15-16,21,27H,2-4,13-14H2,1H3. The fraction of sp³-hybridized carbons (Fsp3) is 0.321. The zero-order valence-electron chi connectivity index (χ0n) is 20.1. The van der Waals surface area contributed by atoms with E-state index in [0.29, 0.717) is 28.2 Å². The highest BCUT2D eigenvalue weighted by atomic mass is 35.5. The van der Waals surface area contributed by atoms with Crippen LogP contribution in [0.25, 0.3) is 11.1 Å². The first-order chi connectivity index (χ1) is 17.7. The van der Waals surface area contributed by atoms with Crippen molar-refractivity contribution < 1.29 is 32.2 Å². The van der Waals surface area contributed by atoms with Crippen LogP contribution in [0.1, 0.15) is 65.2 Å². The first-order valence-electron chi connectivity index (χ1n) is 11.9. The third-order valence-corrected chi connectivity index (χ3v) is 7.18. The highest BCUT2D eigenvalue weighted by molar-refractivity contribution is 6.31. The molecule has 0 N–H and O–H groups in total. The van der Waals surface area contributed by atoms with Gasteiger partial charge in [-0.2, -0.15) is 4.73 Å². The molecule has 1 heterocycles. The molecule has 1 unspecified atom stereocenters. The van der Waals surface area contributed by atoms with Crippen LogP contribution in [0.2, 0.25) is 5.02 Å². The molecule has 0 aliphatic heterocycles. The predicted octanol–water partition coefficient (Wildman–Crippen LogP) is 6.59. The second kappa shape index (κ2) is 11.3. The smallest absolute Gasteiger partial charge is 0.337 e. The molecule has 3 aromatic rings. The minimum Gasteiger partial charge on any atom is -0.618 e. The predicted molar refractivity (Wildman–Crippen MR) is 132 cm³/mol. The van der Waals surface area contributed by atoms with Crippen molar-refractivity contribution in [2.45, 2.75) is 44.4 Å². The molecular formula is C28H25ClF3NO4. The van der Waals surface area contributed by atoms with E-state index in [4.69, 9.17) is 11.6 Å². The largest absolute Gasteiger partial charge is 0.618 e. The van der Waals surface area contributed by atoms with Gasteiger partial charge in [0.25, 0.3) is 6.43 Å². The molecule has 0 spiro atoms. The molecule has 1 atom stereocenters. The van der Waals surface area contributed by atoms with Crippen molar-refractivity contribution >= 4 is 23.4 Å². The minimum absolute atomic E-state index is 0.0407. The summed E-state index contributed by atoms with van der Waals surface area (Å²) in [4.78, 5) is 25.1. The van der Waals surface area contributed by atoms with Gasteiger partial charge in [0.1, 0.15) is 11.7 Å². The zero-order valence-corrected chi connectivity index (χ0v) is 20.8. The summed E-state index contributed by atoms with van der Waals surface area (Å²) in [6.07, 6.45) is 1.54. The zero-order chi connectivity index (χ0) is 26.7. The molecule has 9 heteroatoms. The van der Waals surface area contributed by atoms with Crippen molar-refractivity contribution in [3.63, 3.8) is 0 Å². The molecular weight excluding hydrogens is 507 g/mol. The number of halogens is 4. The van der Waals surface area contributed by atoms with Gasteiger partial charge in [0.15, 0.2) is 12.0 Å². The fourth-order valence-corrected chi connectivity index (χ4v) is 4.79. The Kier molecular flexibility index (Phi) is 8.17. The van der Waals surface area contributed by atoms with E-state index in [1.165, 1.54) is 19.2 Å². The Balaban J connectivity index is 1.65. The van der Waals surface area contributed by atoms with Gasteiger partial charge < -0.3 is 9.94 Å². The van der Waals surface area contributed by atoms with Gasteiger partial charge in [0.05, 0.1) is 23.3 Å². The summed E-state index contributed by atoms with van der Waals surface area (Å²) in [6, 6.07) is 11.3. The Morgan fingerprint density at radius 2 is 1.81 bits per heavy atom. The Hall–Kier alpha value is -3.39. The number of methoxy groups -OCH3 is 1. The van der Waals surface area contributed by atoms with Crippen LogP contribution in [0.15, 0.2) is 54.7 Å². The lowest BCUT2D eigenvalue weighted by Gasteiger charge is -2.28. The van der Waals surface area contributed by atoms with Gasteiger partial charge in [-0.25, -0.2) is 18.0 Å².